The van der Waals surface area contributed by atoms with Gasteiger partial charge in [-0.1, -0.05) is 36.4 Å². The Morgan fingerprint density at radius 3 is 2.10 bits per heavy atom. The van der Waals surface area contributed by atoms with Crippen LogP contribution >= 0.6 is 0 Å². The summed E-state index contributed by atoms with van der Waals surface area (Å²) >= 11 is 0. The van der Waals surface area contributed by atoms with Crippen LogP contribution in [0.25, 0.3) is 10.9 Å². The SMILES string of the molecule is CN(CCN(C)C(=O)c1ccc(N=C(c2ccccc2)c2c(O)[nH]c3cc(C(=O)O)ccc23)cc1)C(=O)OC(C)(C)C. The summed E-state index contributed by atoms with van der Waals surface area (Å²) in [6.07, 6.45) is -0.455. The molecule has 0 saturated carbocycles. The Labute approximate surface area is 243 Å². The standard InChI is InChI=1S/C32H34N4O6/c1-32(2,3)42-31(41)36(5)18-17-35(4)29(38)21-11-14-23(15-12-21)33-27(20-9-7-6-8-10-20)26-24-16-13-22(30(39)40)19-25(24)34-28(26)37/h6-16,19,34,37H,17-18H2,1-5H3,(H,39,40). The molecule has 1 aromatic heterocycles. The van der Waals surface area contributed by atoms with Crippen LogP contribution < -0.4 is 0 Å². The van der Waals surface area contributed by atoms with Crippen LogP contribution in [0, 0.1) is 0 Å². The number of ether oxygens (including phenoxy) is 1. The lowest BCUT2D eigenvalue weighted by Gasteiger charge is -2.26. The Kier molecular flexibility index (Phi) is 8.65. The molecule has 0 saturated heterocycles. The number of likely N-dealkylation sites (N-methyl/N-ethyl adjacent to an activating group) is 2. The first-order valence-corrected chi connectivity index (χ1v) is 13.4. The van der Waals surface area contributed by atoms with E-state index < -0.39 is 17.7 Å². The highest BCUT2D eigenvalue weighted by Crippen LogP contribution is 2.32. The minimum Gasteiger partial charge on any atom is -0.494 e. The molecule has 3 aromatic carbocycles. The molecule has 2 amide bonds. The van der Waals surface area contributed by atoms with Gasteiger partial charge in [0.15, 0.2) is 5.88 Å². The summed E-state index contributed by atoms with van der Waals surface area (Å²) in [5.74, 6) is -1.42. The number of aromatic amines is 1. The monoisotopic (exact) mass is 570 g/mol. The van der Waals surface area contributed by atoms with Crippen molar-refractivity contribution in [2.75, 3.05) is 27.2 Å². The smallest absolute Gasteiger partial charge is 0.410 e. The van der Waals surface area contributed by atoms with Crippen molar-refractivity contribution in [2.45, 2.75) is 26.4 Å². The number of aromatic nitrogens is 1. The quantitative estimate of drug-likeness (QED) is 0.233. The maximum atomic E-state index is 13.0. The Balaban J connectivity index is 1.58. The topological polar surface area (TPSA) is 136 Å². The number of amides is 2. The van der Waals surface area contributed by atoms with Crippen LogP contribution in [0.5, 0.6) is 5.88 Å². The zero-order chi connectivity index (χ0) is 30.6. The number of carbonyl (C=O) groups excluding carboxylic acids is 2. The van der Waals surface area contributed by atoms with Crippen molar-refractivity contribution in [3.8, 4) is 5.88 Å². The summed E-state index contributed by atoms with van der Waals surface area (Å²) in [5, 5.41) is 20.8. The number of H-pyrrole nitrogens is 1. The third-order valence-corrected chi connectivity index (χ3v) is 6.49. The first kappa shape index (κ1) is 29.9. The maximum absolute atomic E-state index is 13.0. The number of aromatic carboxylic acids is 1. The van der Waals surface area contributed by atoms with Crippen molar-refractivity contribution in [1.29, 1.82) is 0 Å². The number of fused-ring (bicyclic) bond motifs is 1. The van der Waals surface area contributed by atoms with Crippen molar-refractivity contribution in [2.24, 2.45) is 4.99 Å². The van der Waals surface area contributed by atoms with E-state index in [1.165, 1.54) is 21.9 Å². The third kappa shape index (κ3) is 6.95. The number of carboxylic acid groups (broad SMARTS) is 1. The van der Waals surface area contributed by atoms with Crippen LogP contribution in [-0.2, 0) is 4.74 Å². The molecular weight excluding hydrogens is 536 g/mol. The third-order valence-electron chi connectivity index (χ3n) is 6.49. The van der Waals surface area contributed by atoms with Gasteiger partial charge in [-0.2, -0.15) is 0 Å². The van der Waals surface area contributed by atoms with Crippen molar-refractivity contribution < 1.29 is 29.3 Å². The predicted molar refractivity (Wildman–Crippen MR) is 161 cm³/mol. The zero-order valence-electron chi connectivity index (χ0n) is 24.2. The molecule has 0 aliphatic rings. The molecule has 4 aromatic rings. The van der Waals surface area contributed by atoms with Crippen LogP contribution in [0.4, 0.5) is 10.5 Å². The largest absolute Gasteiger partial charge is 0.494 e. The molecule has 218 valence electrons. The Morgan fingerprint density at radius 2 is 1.48 bits per heavy atom. The van der Waals surface area contributed by atoms with Crippen molar-refractivity contribution in [1.82, 2.24) is 14.8 Å². The first-order chi connectivity index (χ1) is 19.8. The van der Waals surface area contributed by atoms with Crippen molar-refractivity contribution in [3.63, 3.8) is 0 Å². The molecular formula is C32H34N4O6. The minimum atomic E-state index is -1.07. The molecule has 0 atom stereocenters. The lowest BCUT2D eigenvalue weighted by atomic mass is 10.00. The number of nitrogens with zero attached hydrogens (tertiary/aromatic N) is 3. The van der Waals surface area contributed by atoms with E-state index in [0.717, 1.165) is 5.56 Å². The van der Waals surface area contributed by atoms with Crippen LogP contribution in [0.3, 0.4) is 0 Å². The molecule has 4 rings (SSSR count). The summed E-state index contributed by atoms with van der Waals surface area (Å²) in [4.78, 5) is 47.3. The number of aliphatic imine (C=N–C) groups is 1. The van der Waals surface area contributed by atoms with Gasteiger partial charge in [-0.3, -0.25) is 4.79 Å². The van der Waals surface area contributed by atoms with E-state index >= 15 is 0 Å². The number of carbonyl (C=O) groups is 3. The molecule has 0 fully saturated rings. The highest BCUT2D eigenvalue weighted by molar-refractivity contribution is 6.22. The predicted octanol–water partition coefficient (Wildman–Crippen LogP) is 5.68. The van der Waals surface area contributed by atoms with Gasteiger partial charge < -0.3 is 29.7 Å². The second kappa shape index (κ2) is 12.2. The molecule has 42 heavy (non-hydrogen) atoms. The second-order valence-electron chi connectivity index (χ2n) is 10.9. The van der Waals surface area contributed by atoms with Crippen LogP contribution in [0.2, 0.25) is 0 Å². The van der Waals surface area contributed by atoms with Crippen LogP contribution in [0.1, 0.15) is 52.6 Å². The summed E-state index contributed by atoms with van der Waals surface area (Å²) in [5.41, 5.74) is 2.61. The fourth-order valence-corrected chi connectivity index (χ4v) is 4.28. The van der Waals surface area contributed by atoms with Crippen LogP contribution in [-0.4, -0.2) is 81.5 Å². The van der Waals surface area contributed by atoms with Gasteiger partial charge in [0, 0.05) is 49.2 Å². The highest BCUT2D eigenvalue weighted by atomic mass is 16.6. The van der Waals surface area contributed by atoms with Gasteiger partial charge in [-0.15, -0.1) is 0 Å². The number of nitrogens with one attached hydrogen (secondary N) is 1. The second-order valence-corrected chi connectivity index (χ2v) is 10.9. The minimum absolute atomic E-state index is 0.0928. The van der Waals surface area contributed by atoms with E-state index in [-0.39, 0.29) is 17.4 Å². The lowest BCUT2D eigenvalue weighted by molar-refractivity contribution is 0.0283. The van der Waals surface area contributed by atoms with Gasteiger partial charge in [0.2, 0.25) is 0 Å². The molecule has 1 heterocycles. The van der Waals surface area contributed by atoms with Gasteiger partial charge in [-0.25, -0.2) is 14.6 Å². The summed E-state index contributed by atoms with van der Waals surface area (Å²) in [7, 11) is 3.29. The summed E-state index contributed by atoms with van der Waals surface area (Å²) in [6, 6.07) is 20.7. The van der Waals surface area contributed by atoms with Crippen molar-refractivity contribution >= 4 is 40.3 Å². The van der Waals surface area contributed by atoms with Gasteiger partial charge >= 0.3 is 12.1 Å². The van der Waals surface area contributed by atoms with E-state index in [1.54, 1.807) is 65.2 Å². The first-order valence-electron chi connectivity index (χ1n) is 13.4. The zero-order valence-corrected chi connectivity index (χ0v) is 24.2. The number of hydrogen-bond donors (Lipinski definition) is 3. The molecule has 0 spiro atoms. The van der Waals surface area contributed by atoms with E-state index in [0.29, 0.717) is 46.5 Å². The van der Waals surface area contributed by atoms with E-state index in [2.05, 4.69) is 4.98 Å². The van der Waals surface area contributed by atoms with Gasteiger partial charge in [0.25, 0.3) is 5.91 Å². The van der Waals surface area contributed by atoms with Gasteiger partial charge in [0.05, 0.1) is 22.5 Å². The van der Waals surface area contributed by atoms with Crippen molar-refractivity contribution in [3.05, 3.63) is 95.1 Å². The number of hydrogen-bond acceptors (Lipinski definition) is 6. The molecule has 3 N–H and O–H groups in total. The number of aromatic hydroxyl groups is 1. The Morgan fingerprint density at radius 1 is 0.857 bits per heavy atom. The fourth-order valence-electron chi connectivity index (χ4n) is 4.28. The highest BCUT2D eigenvalue weighted by Gasteiger charge is 2.22. The lowest BCUT2D eigenvalue weighted by Crippen LogP contribution is -2.39. The number of rotatable bonds is 8. The number of benzene rings is 3. The molecule has 10 nitrogen and oxygen atoms in total. The van der Waals surface area contributed by atoms with Gasteiger partial charge in [0.1, 0.15) is 5.60 Å². The van der Waals surface area contributed by atoms with Crippen LogP contribution in [0.15, 0.2) is 77.8 Å². The van der Waals surface area contributed by atoms with Gasteiger partial charge in [-0.05, 0) is 57.2 Å². The fraction of sp³-hybridized carbons (Fsp3) is 0.250. The molecule has 0 bridgehead atoms. The summed E-state index contributed by atoms with van der Waals surface area (Å²) in [6.45, 7) is 6.01. The molecule has 0 aliphatic carbocycles. The van der Waals surface area contributed by atoms with E-state index in [4.69, 9.17) is 9.73 Å². The molecule has 0 aliphatic heterocycles. The van der Waals surface area contributed by atoms with E-state index in [9.17, 15) is 24.6 Å². The Hall–Kier alpha value is -5.12. The molecule has 10 heteroatoms. The maximum Gasteiger partial charge on any atom is 0.410 e. The molecule has 0 unspecified atom stereocenters. The average Bonchev–Trinajstić information content (AvgIpc) is 3.28. The normalized spacial score (nSPS) is 11.8. The molecule has 0 radical (unpaired) electrons. The average molecular weight is 571 g/mol. The summed E-state index contributed by atoms with van der Waals surface area (Å²) < 4.78 is 5.36. The number of carboxylic acids is 1. The van der Waals surface area contributed by atoms with E-state index in [1.807, 2.05) is 30.3 Å². The Bertz CT molecular complexity index is 1640.